The first kappa shape index (κ1) is 17.7. The minimum atomic E-state index is -0.244. The molecule has 1 amide bonds. The van der Waals surface area contributed by atoms with E-state index in [-0.39, 0.29) is 11.2 Å². The molecule has 2 heterocycles. The Balaban J connectivity index is 1.71. The Morgan fingerprint density at radius 2 is 1.60 bits per heavy atom. The third kappa shape index (κ3) is 4.94. The van der Waals surface area contributed by atoms with Crippen molar-refractivity contribution in [3.63, 3.8) is 0 Å². The number of benzene rings is 1. The van der Waals surface area contributed by atoms with E-state index in [1.54, 1.807) is 17.4 Å². The minimum Gasteiger partial charge on any atom is -0.467 e. The normalized spacial score (nSPS) is 12.1. The zero-order chi connectivity index (χ0) is 17.6. The average molecular weight is 376 g/mol. The van der Waals surface area contributed by atoms with Crippen LogP contribution in [0.3, 0.4) is 0 Å². The number of nitrogens with zero attached hydrogens (tertiary/aromatic N) is 1. The predicted molar refractivity (Wildman–Crippen MR) is 98.4 cm³/mol. The van der Waals surface area contributed by atoms with Crippen LogP contribution in [-0.4, -0.2) is 16.1 Å². The SMILES string of the molecule is CC(Sc1ccc(Cl)cc1)C(=O)N(Cc1ccco1)Cc1ccco1. The van der Waals surface area contributed by atoms with Crippen LogP contribution in [0.2, 0.25) is 5.02 Å². The van der Waals surface area contributed by atoms with E-state index in [0.29, 0.717) is 18.1 Å². The van der Waals surface area contributed by atoms with Crippen LogP contribution in [0.1, 0.15) is 18.4 Å². The molecule has 0 spiro atoms. The molecule has 1 unspecified atom stereocenters. The lowest BCUT2D eigenvalue weighted by molar-refractivity contribution is -0.132. The Morgan fingerprint density at radius 1 is 1.04 bits per heavy atom. The zero-order valence-corrected chi connectivity index (χ0v) is 15.3. The largest absolute Gasteiger partial charge is 0.467 e. The van der Waals surface area contributed by atoms with Crippen molar-refractivity contribution in [3.8, 4) is 0 Å². The van der Waals surface area contributed by atoms with Gasteiger partial charge in [-0.25, -0.2) is 0 Å². The molecule has 3 rings (SSSR count). The molecule has 6 heteroatoms. The lowest BCUT2D eigenvalue weighted by atomic mass is 10.3. The summed E-state index contributed by atoms with van der Waals surface area (Å²) in [7, 11) is 0. The fourth-order valence-corrected chi connectivity index (χ4v) is 3.50. The van der Waals surface area contributed by atoms with Gasteiger partial charge in [-0.2, -0.15) is 0 Å². The van der Waals surface area contributed by atoms with Crippen molar-refractivity contribution >= 4 is 29.3 Å². The summed E-state index contributed by atoms with van der Waals surface area (Å²) in [6, 6.07) is 14.8. The smallest absolute Gasteiger partial charge is 0.236 e. The van der Waals surface area contributed by atoms with Crippen LogP contribution >= 0.6 is 23.4 Å². The zero-order valence-electron chi connectivity index (χ0n) is 13.7. The van der Waals surface area contributed by atoms with Gasteiger partial charge in [-0.05, 0) is 55.5 Å². The van der Waals surface area contributed by atoms with Gasteiger partial charge in [0, 0.05) is 9.92 Å². The summed E-state index contributed by atoms with van der Waals surface area (Å²) < 4.78 is 10.8. The number of carbonyl (C=O) groups excluding carboxylic acids is 1. The lowest BCUT2D eigenvalue weighted by Crippen LogP contribution is -2.35. The minimum absolute atomic E-state index is 0.0211. The average Bonchev–Trinajstić information content (AvgIpc) is 3.29. The molecule has 0 N–H and O–H groups in total. The fourth-order valence-electron chi connectivity index (χ4n) is 2.42. The van der Waals surface area contributed by atoms with Gasteiger partial charge in [-0.1, -0.05) is 11.6 Å². The lowest BCUT2D eigenvalue weighted by Gasteiger charge is -2.24. The monoisotopic (exact) mass is 375 g/mol. The summed E-state index contributed by atoms with van der Waals surface area (Å²) in [4.78, 5) is 15.7. The number of rotatable bonds is 7. The van der Waals surface area contributed by atoms with Gasteiger partial charge in [0.15, 0.2) is 0 Å². The maximum absolute atomic E-state index is 13.0. The van der Waals surface area contributed by atoms with Gasteiger partial charge >= 0.3 is 0 Å². The number of halogens is 1. The highest BCUT2D eigenvalue weighted by molar-refractivity contribution is 8.00. The van der Waals surface area contributed by atoms with Crippen molar-refractivity contribution in [2.75, 3.05) is 0 Å². The van der Waals surface area contributed by atoms with E-state index in [0.717, 1.165) is 16.4 Å². The molecular formula is C19H18ClNO3S. The highest BCUT2D eigenvalue weighted by Gasteiger charge is 2.23. The molecule has 130 valence electrons. The third-order valence-corrected chi connectivity index (χ3v) is 4.99. The molecule has 1 atom stereocenters. The van der Waals surface area contributed by atoms with Crippen LogP contribution in [-0.2, 0) is 17.9 Å². The van der Waals surface area contributed by atoms with Gasteiger partial charge in [0.2, 0.25) is 5.91 Å². The molecular weight excluding hydrogens is 358 g/mol. The Morgan fingerprint density at radius 3 is 2.08 bits per heavy atom. The molecule has 0 fully saturated rings. The molecule has 0 saturated carbocycles. The van der Waals surface area contributed by atoms with Crippen LogP contribution in [0.5, 0.6) is 0 Å². The number of hydrogen-bond donors (Lipinski definition) is 0. The summed E-state index contributed by atoms with van der Waals surface area (Å²) in [6.45, 7) is 2.70. The summed E-state index contributed by atoms with van der Waals surface area (Å²) in [5.41, 5.74) is 0. The second-order valence-corrected chi connectivity index (χ2v) is 7.42. The topological polar surface area (TPSA) is 46.6 Å². The molecule has 0 saturated heterocycles. The standard InChI is InChI=1S/C19H18ClNO3S/c1-14(25-18-8-6-15(20)7-9-18)19(22)21(12-16-4-2-10-23-16)13-17-5-3-11-24-17/h2-11,14H,12-13H2,1H3. The third-order valence-electron chi connectivity index (χ3n) is 3.64. The first-order valence-corrected chi connectivity index (χ1v) is 9.13. The molecule has 0 aliphatic carbocycles. The van der Waals surface area contributed by atoms with E-state index in [2.05, 4.69) is 0 Å². The van der Waals surface area contributed by atoms with Crippen LogP contribution < -0.4 is 0 Å². The number of thioether (sulfide) groups is 1. The molecule has 0 radical (unpaired) electrons. The Labute approximate surface area is 155 Å². The molecule has 0 aliphatic rings. The summed E-state index contributed by atoms with van der Waals surface area (Å²) in [5.74, 6) is 1.50. The summed E-state index contributed by atoms with van der Waals surface area (Å²) in [5, 5.41) is 0.437. The predicted octanol–water partition coefficient (Wildman–Crippen LogP) is 5.24. The molecule has 0 bridgehead atoms. The number of hydrogen-bond acceptors (Lipinski definition) is 4. The second kappa shape index (κ2) is 8.32. The van der Waals surface area contributed by atoms with E-state index in [1.807, 2.05) is 55.5 Å². The molecule has 0 aliphatic heterocycles. The molecule has 1 aromatic carbocycles. The molecule has 4 nitrogen and oxygen atoms in total. The number of carbonyl (C=O) groups is 1. The van der Waals surface area contributed by atoms with Crippen molar-refractivity contribution in [1.29, 1.82) is 0 Å². The van der Waals surface area contributed by atoms with Crippen LogP contribution in [0.25, 0.3) is 0 Å². The molecule has 2 aromatic heterocycles. The first-order chi connectivity index (χ1) is 12.1. The quantitative estimate of drug-likeness (QED) is 0.530. The van der Waals surface area contributed by atoms with Gasteiger partial charge in [0.1, 0.15) is 11.5 Å². The van der Waals surface area contributed by atoms with Gasteiger partial charge in [-0.15, -0.1) is 11.8 Å². The van der Waals surface area contributed by atoms with Crippen molar-refractivity contribution in [3.05, 3.63) is 77.6 Å². The van der Waals surface area contributed by atoms with Crippen molar-refractivity contribution in [2.45, 2.75) is 30.2 Å². The summed E-state index contributed by atoms with van der Waals surface area (Å²) >= 11 is 7.42. The molecule has 3 aromatic rings. The van der Waals surface area contributed by atoms with Crippen molar-refractivity contribution < 1.29 is 13.6 Å². The Hall–Kier alpha value is -2.11. The Kier molecular flexibility index (Phi) is 5.89. The van der Waals surface area contributed by atoms with E-state index in [9.17, 15) is 4.79 Å². The Bertz CT molecular complexity index is 748. The second-order valence-electron chi connectivity index (χ2n) is 5.57. The highest BCUT2D eigenvalue weighted by Crippen LogP contribution is 2.27. The fraction of sp³-hybridized carbons (Fsp3) is 0.211. The maximum atomic E-state index is 13.0. The van der Waals surface area contributed by atoms with Gasteiger partial charge < -0.3 is 13.7 Å². The van der Waals surface area contributed by atoms with Gasteiger partial charge in [0.25, 0.3) is 0 Å². The van der Waals surface area contributed by atoms with Crippen LogP contribution in [0.4, 0.5) is 0 Å². The van der Waals surface area contributed by atoms with Gasteiger partial charge in [0.05, 0.1) is 30.9 Å². The van der Waals surface area contributed by atoms with Crippen LogP contribution in [0.15, 0.2) is 74.8 Å². The first-order valence-electron chi connectivity index (χ1n) is 7.87. The maximum Gasteiger partial charge on any atom is 0.236 e. The van der Waals surface area contributed by atoms with Gasteiger partial charge in [-0.3, -0.25) is 4.79 Å². The highest BCUT2D eigenvalue weighted by atomic mass is 35.5. The van der Waals surface area contributed by atoms with Crippen LogP contribution in [0, 0.1) is 0 Å². The summed E-state index contributed by atoms with van der Waals surface area (Å²) in [6.07, 6.45) is 3.22. The van der Waals surface area contributed by atoms with E-state index < -0.39 is 0 Å². The number of amides is 1. The van der Waals surface area contributed by atoms with E-state index >= 15 is 0 Å². The van der Waals surface area contributed by atoms with Crippen molar-refractivity contribution in [1.82, 2.24) is 4.90 Å². The van der Waals surface area contributed by atoms with E-state index in [1.165, 1.54) is 11.8 Å². The van der Waals surface area contributed by atoms with Crippen molar-refractivity contribution in [2.24, 2.45) is 0 Å². The van der Waals surface area contributed by atoms with E-state index in [4.69, 9.17) is 20.4 Å². The number of furan rings is 2. The molecule has 25 heavy (non-hydrogen) atoms.